The van der Waals surface area contributed by atoms with Gasteiger partial charge in [0.1, 0.15) is 0 Å². The fourth-order valence-corrected chi connectivity index (χ4v) is 4.05. The molecular formula is C12H15Br2NOS. The van der Waals surface area contributed by atoms with E-state index in [0.717, 1.165) is 33.4 Å². The topological polar surface area (TPSA) is 20.3 Å². The third-order valence-electron chi connectivity index (χ3n) is 3.14. The number of carbonyl (C=O) groups excluding carboxylic acids is 1. The van der Waals surface area contributed by atoms with Crippen molar-refractivity contribution in [2.24, 2.45) is 0 Å². The van der Waals surface area contributed by atoms with Crippen LogP contribution >= 0.6 is 43.2 Å². The number of alkyl halides is 1. The summed E-state index contributed by atoms with van der Waals surface area (Å²) in [5.74, 6) is 0.187. The first-order valence-electron chi connectivity index (χ1n) is 5.84. The Bertz CT molecular complexity index is 388. The Hall–Kier alpha value is 0.130. The van der Waals surface area contributed by atoms with Crippen LogP contribution in [0, 0.1) is 0 Å². The Morgan fingerprint density at radius 3 is 2.65 bits per heavy atom. The molecule has 1 amide bonds. The SMILES string of the molecule is O=C(c1ccc(Br)s1)N(CCBr)C1CCCC1. The van der Waals surface area contributed by atoms with Gasteiger partial charge in [-0.15, -0.1) is 11.3 Å². The Labute approximate surface area is 123 Å². The fourth-order valence-electron chi connectivity index (χ4n) is 2.33. The van der Waals surface area contributed by atoms with Crippen LogP contribution in [0.15, 0.2) is 15.9 Å². The second-order valence-corrected chi connectivity index (χ2v) is 7.49. The fraction of sp³-hybridized carbons (Fsp3) is 0.583. The van der Waals surface area contributed by atoms with Gasteiger partial charge in [-0.1, -0.05) is 28.8 Å². The van der Waals surface area contributed by atoms with Crippen LogP contribution in [-0.4, -0.2) is 28.7 Å². The van der Waals surface area contributed by atoms with E-state index in [0.29, 0.717) is 6.04 Å². The van der Waals surface area contributed by atoms with Crippen molar-refractivity contribution < 1.29 is 4.79 Å². The summed E-state index contributed by atoms with van der Waals surface area (Å²) >= 11 is 8.37. The zero-order valence-electron chi connectivity index (χ0n) is 9.49. The number of carbonyl (C=O) groups is 1. The summed E-state index contributed by atoms with van der Waals surface area (Å²) in [6.45, 7) is 0.805. The Morgan fingerprint density at radius 2 is 2.12 bits per heavy atom. The van der Waals surface area contributed by atoms with Crippen LogP contribution < -0.4 is 0 Å². The average Bonchev–Trinajstić information content (AvgIpc) is 2.95. The highest BCUT2D eigenvalue weighted by atomic mass is 79.9. The molecule has 1 fully saturated rings. The van der Waals surface area contributed by atoms with E-state index in [2.05, 4.69) is 31.9 Å². The maximum atomic E-state index is 12.4. The summed E-state index contributed by atoms with van der Waals surface area (Å²) in [5, 5.41) is 0.849. The molecule has 0 aromatic carbocycles. The minimum absolute atomic E-state index is 0.187. The molecule has 1 aliphatic rings. The number of rotatable bonds is 4. The van der Waals surface area contributed by atoms with Gasteiger partial charge in [-0.2, -0.15) is 0 Å². The molecule has 1 aromatic rings. The first kappa shape index (κ1) is 13.6. The van der Waals surface area contributed by atoms with Crippen LogP contribution in [0.4, 0.5) is 0 Å². The van der Waals surface area contributed by atoms with Crippen LogP contribution in [0.25, 0.3) is 0 Å². The van der Waals surface area contributed by atoms with Gasteiger partial charge in [0.15, 0.2) is 0 Å². The van der Waals surface area contributed by atoms with Gasteiger partial charge in [-0.25, -0.2) is 0 Å². The van der Waals surface area contributed by atoms with Crippen LogP contribution in [-0.2, 0) is 0 Å². The summed E-state index contributed by atoms with van der Waals surface area (Å²) in [5.41, 5.74) is 0. The van der Waals surface area contributed by atoms with E-state index in [-0.39, 0.29) is 5.91 Å². The van der Waals surface area contributed by atoms with Crippen molar-refractivity contribution in [3.63, 3.8) is 0 Å². The van der Waals surface area contributed by atoms with Gasteiger partial charge in [0.2, 0.25) is 0 Å². The lowest BCUT2D eigenvalue weighted by atomic mass is 10.2. The van der Waals surface area contributed by atoms with Crippen LogP contribution in [0.5, 0.6) is 0 Å². The van der Waals surface area contributed by atoms with Gasteiger partial charge < -0.3 is 4.90 Å². The Kier molecular flexibility index (Phi) is 5.06. The third kappa shape index (κ3) is 3.32. The zero-order valence-corrected chi connectivity index (χ0v) is 13.5. The van der Waals surface area contributed by atoms with E-state index in [1.807, 2.05) is 17.0 Å². The minimum Gasteiger partial charge on any atom is -0.334 e. The average molecular weight is 381 g/mol. The van der Waals surface area contributed by atoms with Gasteiger partial charge in [0, 0.05) is 17.9 Å². The van der Waals surface area contributed by atoms with Gasteiger partial charge in [-0.3, -0.25) is 4.79 Å². The van der Waals surface area contributed by atoms with Crippen molar-refractivity contribution in [3.8, 4) is 0 Å². The van der Waals surface area contributed by atoms with Crippen molar-refractivity contribution in [2.45, 2.75) is 31.7 Å². The van der Waals surface area contributed by atoms with Gasteiger partial charge in [-0.05, 0) is 40.9 Å². The van der Waals surface area contributed by atoms with E-state index < -0.39 is 0 Å². The van der Waals surface area contributed by atoms with Crippen molar-refractivity contribution >= 4 is 49.1 Å². The largest absolute Gasteiger partial charge is 0.334 e. The molecule has 1 saturated carbocycles. The van der Waals surface area contributed by atoms with E-state index in [1.165, 1.54) is 24.2 Å². The Morgan fingerprint density at radius 1 is 1.41 bits per heavy atom. The molecule has 0 spiro atoms. The standard InChI is InChI=1S/C12H15Br2NOS/c13-7-8-15(9-3-1-2-4-9)12(16)10-5-6-11(14)17-10/h5-6,9H,1-4,7-8H2. The van der Waals surface area contributed by atoms with Crippen molar-refractivity contribution in [1.82, 2.24) is 4.90 Å². The molecule has 0 bridgehead atoms. The maximum Gasteiger partial charge on any atom is 0.264 e. The lowest BCUT2D eigenvalue weighted by Crippen LogP contribution is -2.39. The molecule has 1 aromatic heterocycles. The molecule has 0 aliphatic heterocycles. The van der Waals surface area contributed by atoms with Crippen LogP contribution in [0.1, 0.15) is 35.4 Å². The maximum absolute atomic E-state index is 12.4. The molecule has 94 valence electrons. The second-order valence-electron chi connectivity index (χ2n) is 4.23. The molecule has 0 saturated heterocycles. The van der Waals surface area contributed by atoms with Crippen molar-refractivity contribution in [1.29, 1.82) is 0 Å². The number of hydrogen-bond donors (Lipinski definition) is 0. The highest BCUT2D eigenvalue weighted by molar-refractivity contribution is 9.11. The highest BCUT2D eigenvalue weighted by Crippen LogP contribution is 2.28. The van der Waals surface area contributed by atoms with Gasteiger partial charge >= 0.3 is 0 Å². The highest BCUT2D eigenvalue weighted by Gasteiger charge is 2.27. The van der Waals surface area contributed by atoms with Gasteiger partial charge in [0.25, 0.3) is 5.91 Å². The lowest BCUT2D eigenvalue weighted by molar-refractivity contribution is 0.0701. The van der Waals surface area contributed by atoms with Gasteiger partial charge in [0.05, 0.1) is 8.66 Å². The predicted octanol–water partition coefficient (Wildman–Crippen LogP) is 4.29. The zero-order chi connectivity index (χ0) is 12.3. The van der Waals surface area contributed by atoms with E-state index in [4.69, 9.17) is 0 Å². The molecule has 2 rings (SSSR count). The summed E-state index contributed by atoms with van der Waals surface area (Å²) in [7, 11) is 0. The normalized spacial score (nSPS) is 16.4. The number of hydrogen-bond acceptors (Lipinski definition) is 2. The molecule has 17 heavy (non-hydrogen) atoms. The lowest BCUT2D eigenvalue weighted by Gasteiger charge is -2.27. The molecule has 0 radical (unpaired) electrons. The molecule has 2 nitrogen and oxygen atoms in total. The molecule has 5 heteroatoms. The van der Waals surface area contributed by atoms with E-state index in [9.17, 15) is 4.79 Å². The molecule has 1 heterocycles. The number of nitrogens with zero attached hydrogens (tertiary/aromatic N) is 1. The molecule has 0 unspecified atom stereocenters. The van der Waals surface area contributed by atoms with Crippen molar-refractivity contribution in [2.75, 3.05) is 11.9 Å². The summed E-state index contributed by atoms with van der Waals surface area (Å²) in [6.07, 6.45) is 4.83. The van der Waals surface area contributed by atoms with Crippen molar-refractivity contribution in [3.05, 3.63) is 20.8 Å². The molecular weight excluding hydrogens is 366 g/mol. The van der Waals surface area contributed by atoms with Crippen LogP contribution in [0.3, 0.4) is 0 Å². The molecule has 1 aliphatic carbocycles. The first-order chi connectivity index (χ1) is 8.22. The molecule has 0 N–H and O–H groups in total. The number of amides is 1. The molecule has 0 atom stereocenters. The monoisotopic (exact) mass is 379 g/mol. The van der Waals surface area contributed by atoms with E-state index >= 15 is 0 Å². The number of halogens is 2. The smallest absolute Gasteiger partial charge is 0.264 e. The second kappa shape index (κ2) is 6.34. The first-order valence-corrected chi connectivity index (χ1v) is 8.57. The Balaban J connectivity index is 2.12. The number of thiophene rings is 1. The quantitative estimate of drug-likeness (QED) is 0.713. The minimum atomic E-state index is 0.187. The summed E-state index contributed by atoms with van der Waals surface area (Å²) in [4.78, 5) is 15.3. The van der Waals surface area contributed by atoms with E-state index in [1.54, 1.807) is 0 Å². The predicted molar refractivity (Wildman–Crippen MR) is 79.1 cm³/mol. The van der Waals surface area contributed by atoms with Crippen LogP contribution in [0.2, 0.25) is 0 Å². The summed E-state index contributed by atoms with van der Waals surface area (Å²) in [6, 6.07) is 4.30. The third-order valence-corrected chi connectivity index (χ3v) is 5.10. The summed E-state index contributed by atoms with van der Waals surface area (Å²) < 4.78 is 1.02.